The van der Waals surface area contributed by atoms with Crippen molar-refractivity contribution in [2.24, 2.45) is 0 Å². The van der Waals surface area contributed by atoms with Crippen molar-refractivity contribution in [1.82, 2.24) is 4.90 Å². The molecular formula is C22H27NO5. The molecule has 6 nitrogen and oxygen atoms in total. The Morgan fingerprint density at radius 2 is 1.79 bits per heavy atom. The number of methoxy groups -OCH3 is 4. The smallest absolute Gasteiger partial charge is 0.220 e. The Balaban J connectivity index is 2.09. The summed E-state index contributed by atoms with van der Waals surface area (Å²) in [6, 6.07) is 2.26. The van der Waals surface area contributed by atoms with Gasteiger partial charge in [-0.1, -0.05) is 0 Å². The minimum Gasteiger partial charge on any atom is -0.493 e. The average Bonchev–Trinajstić information content (AvgIpc) is 2.71. The average molecular weight is 385 g/mol. The fourth-order valence-corrected chi connectivity index (χ4v) is 5.27. The van der Waals surface area contributed by atoms with Crippen molar-refractivity contribution in [2.75, 3.05) is 42.0 Å². The molecule has 0 aromatic heterocycles. The van der Waals surface area contributed by atoms with Crippen LogP contribution in [-0.2, 0) is 21.4 Å². The Morgan fingerprint density at radius 1 is 1.04 bits per heavy atom. The number of ketones is 1. The first-order valence-electron chi connectivity index (χ1n) is 9.56. The largest absolute Gasteiger partial charge is 0.493 e. The molecule has 2 aliphatic carbocycles. The second-order valence-corrected chi connectivity index (χ2v) is 7.58. The summed E-state index contributed by atoms with van der Waals surface area (Å²) in [5.74, 6) is 2.22. The predicted molar refractivity (Wildman–Crippen MR) is 105 cm³/mol. The first kappa shape index (κ1) is 18.9. The SMILES string of the molecule is COC1=CC23C(=CC1=O)CCN(C)C2CCc1cc(OC)c(OC)c(OC)c13. The van der Waals surface area contributed by atoms with E-state index < -0.39 is 5.41 Å². The monoisotopic (exact) mass is 385 g/mol. The molecule has 1 spiro atoms. The van der Waals surface area contributed by atoms with Gasteiger partial charge >= 0.3 is 0 Å². The van der Waals surface area contributed by atoms with E-state index in [2.05, 4.69) is 11.9 Å². The van der Waals surface area contributed by atoms with Crippen LogP contribution < -0.4 is 14.2 Å². The summed E-state index contributed by atoms with van der Waals surface area (Å²) in [7, 11) is 8.61. The van der Waals surface area contributed by atoms with Crippen LogP contribution in [-0.4, -0.2) is 58.8 Å². The lowest BCUT2D eigenvalue weighted by Crippen LogP contribution is -2.57. The van der Waals surface area contributed by atoms with Gasteiger partial charge in [-0.05, 0) is 55.7 Å². The number of hydrogen-bond acceptors (Lipinski definition) is 6. The van der Waals surface area contributed by atoms with Crippen LogP contribution >= 0.6 is 0 Å². The highest BCUT2D eigenvalue weighted by Gasteiger charge is 2.54. The molecule has 0 N–H and O–H groups in total. The molecule has 150 valence electrons. The number of likely N-dealkylation sites (tertiary alicyclic amines) is 1. The number of rotatable bonds is 4. The van der Waals surface area contributed by atoms with E-state index in [-0.39, 0.29) is 11.8 Å². The summed E-state index contributed by atoms with van der Waals surface area (Å²) in [5, 5.41) is 0. The number of hydrogen-bond donors (Lipinski definition) is 0. The van der Waals surface area contributed by atoms with Gasteiger partial charge in [0.1, 0.15) is 0 Å². The van der Waals surface area contributed by atoms with E-state index in [9.17, 15) is 4.79 Å². The molecule has 6 heteroatoms. The van der Waals surface area contributed by atoms with Crippen LogP contribution in [0.4, 0.5) is 0 Å². The quantitative estimate of drug-likeness (QED) is 0.794. The van der Waals surface area contributed by atoms with Crippen molar-refractivity contribution in [3.63, 3.8) is 0 Å². The molecule has 2 atom stereocenters. The molecule has 1 aliphatic heterocycles. The number of carbonyl (C=O) groups excluding carboxylic acids is 1. The van der Waals surface area contributed by atoms with E-state index in [1.807, 2.05) is 12.1 Å². The standard InChI is InChI=1S/C22H27NO5/c1-23-9-8-14-11-15(24)17(26-3)12-22(14)18(23)7-6-13-10-16(25-2)20(27-4)21(28-5)19(13)22/h10-12,18H,6-9H2,1-5H3. The van der Waals surface area contributed by atoms with Gasteiger partial charge in [0.25, 0.3) is 0 Å². The number of benzene rings is 1. The molecular weight excluding hydrogens is 358 g/mol. The summed E-state index contributed by atoms with van der Waals surface area (Å²) < 4.78 is 22.6. The topological polar surface area (TPSA) is 57.2 Å². The summed E-state index contributed by atoms with van der Waals surface area (Å²) in [4.78, 5) is 14.9. The predicted octanol–water partition coefficient (Wildman–Crippen LogP) is 2.64. The molecule has 0 saturated carbocycles. The number of nitrogens with zero attached hydrogens (tertiary/aromatic N) is 1. The zero-order chi connectivity index (χ0) is 20.1. The molecule has 0 amide bonds. The highest BCUT2D eigenvalue weighted by atomic mass is 16.5. The van der Waals surface area contributed by atoms with Gasteiger partial charge in [-0.3, -0.25) is 4.79 Å². The number of carbonyl (C=O) groups is 1. The van der Waals surface area contributed by atoms with Crippen LogP contribution in [0.1, 0.15) is 24.0 Å². The number of allylic oxidation sites excluding steroid dienone is 1. The third-order valence-corrected chi connectivity index (χ3v) is 6.46. The molecule has 1 heterocycles. The van der Waals surface area contributed by atoms with Crippen molar-refractivity contribution in [3.8, 4) is 17.2 Å². The van der Waals surface area contributed by atoms with Crippen molar-refractivity contribution in [3.05, 3.63) is 40.7 Å². The summed E-state index contributed by atoms with van der Waals surface area (Å²) in [6.07, 6.45) is 6.48. The fourth-order valence-electron chi connectivity index (χ4n) is 5.27. The van der Waals surface area contributed by atoms with E-state index >= 15 is 0 Å². The molecule has 2 unspecified atom stereocenters. The Hall–Kier alpha value is -2.47. The first-order valence-corrected chi connectivity index (χ1v) is 9.56. The van der Waals surface area contributed by atoms with Gasteiger partial charge in [0, 0.05) is 18.2 Å². The molecule has 1 fully saturated rings. The van der Waals surface area contributed by atoms with Crippen molar-refractivity contribution in [2.45, 2.75) is 30.7 Å². The summed E-state index contributed by atoms with van der Waals surface area (Å²) in [6.45, 7) is 0.923. The van der Waals surface area contributed by atoms with Crippen LogP contribution in [0.3, 0.4) is 0 Å². The van der Waals surface area contributed by atoms with Crippen molar-refractivity contribution < 1.29 is 23.7 Å². The van der Waals surface area contributed by atoms with E-state index in [1.54, 1.807) is 34.5 Å². The van der Waals surface area contributed by atoms with Crippen LogP contribution in [0.25, 0.3) is 0 Å². The van der Waals surface area contributed by atoms with E-state index in [4.69, 9.17) is 18.9 Å². The van der Waals surface area contributed by atoms with Gasteiger partial charge in [-0.2, -0.15) is 0 Å². The number of fused-ring (bicyclic) bond motifs is 1. The maximum atomic E-state index is 12.6. The molecule has 1 aromatic rings. The molecule has 0 bridgehead atoms. The molecule has 3 aliphatic rings. The molecule has 1 aromatic carbocycles. The second-order valence-electron chi connectivity index (χ2n) is 7.58. The lowest BCUT2D eigenvalue weighted by molar-refractivity contribution is -0.114. The Morgan fingerprint density at radius 3 is 2.43 bits per heavy atom. The van der Waals surface area contributed by atoms with Crippen LogP contribution in [0.2, 0.25) is 0 Å². The summed E-state index contributed by atoms with van der Waals surface area (Å²) in [5.41, 5.74) is 2.86. The zero-order valence-electron chi connectivity index (χ0n) is 17.1. The zero-order valence-corrected chi connectivity index (χ0v) is 17.1. The Bertz CT molecular complexity index is 887. The molecule has 28 heavy (non-hydrogen) atoms. The third kappa shape index (κ3) is 2.40. The number of aryl methyl sites for hydroxylation is 1. The number of piperidine rings is 1. The van der Waals surface area contributed by atoms with Crippen molar-refractivity contribution in [1.29, 1.82) is 0 Å². The van der Waals surface area contributed by atoms with E-state index in [0.29, 0.717) is 23.0 Å². The summed E-state index contributed by atoms with van der Waals surface area (Å²) >= 11 is 0. The highest BCUT2D eigenvalue weighted by Crippen LogP contribution is 2.57. The van der Waals surface area contributed by atoms with Crippen LogP contribution in [0, 0.1) is 0 Å². The van der Waals surface area contributed by atoms with Gasteiger partial charge in [-0.25, -0.2) is 0 Å². The second kappa shape index (κ2) is 6.85. The Kier molecular flexibility index (Phi) is 4.62. The lowest BCUT2D eigenvalue weighted by atomic mass is 9.57. The Labute approximate surface area is 165 Å². The van der Waals surface area contributed by atoms with E-state index in [0.717, 1.165) is 42.5 Å². The van der Waals surface area contributed by atoms with E-state index in [1.165, 1.54) is 0 Å². The van der Waals surface area contributed by atoms with Gasteiger partial charge in [0.05, 0.1) is 33.9 Å². The highest BCUT2D eigenvalue weighted by molar-refractivity contribution is 6.05. The van der Waals surface area contributed by atoms with Crippen LogP contribution in [0.15, 0.2) is 29.6 Å². The maximum Gasteiger partial charge on any atom is 0.220 e. The fraction of sp³-hybridized carbons (Fsp3) is 0.500. The minimum atomic E-state index is -0.481. The van der Waals surface area contributed by atoms with Gasteiger partial charge in [0.15, 0.2) is 17.3 Å². The normalized spacial score (nSPS) is 26.3. The van der Waals surface area contributed by atoms with Crippen LogP contribution in [0.5, 0.6) is 17.2 Å². The van der Waals surface area contributed by atoms with Gasteiger partial charge in [-0.15, -0.1) is 0 Å². The number of ether oxygens (including phenoxy) is 4. The minimum absolute atomic E-state index is 0.0713. The van der Waals surface area contributed by atoms with Gasteiger partial charge in [0.2, 0.25) is 11.5 Å². The number of likely N-dealkylation sites (N-methyl/N-ethyl adjacent to an activating group) is 1. The molecule has 0 radical (unpaired) electrons. The molecule has 1 saturated heterocycles. The lowest BCUT2D eigenvalue weighted by Gasteiger charge is -2.53. The maximum absolute atomic E-state index is 12.6. The first-order chi connectivity index (χ1) is 13.5. The third-order valence-electron chi connectivity index (χ3n) is 6.46. The molecule has 4 rings (SSSR count). The van der Waals surface area contributed by atoms with Crippen molar-refractivity contribution >= 4 is 5.78 Å². The van der Waals surface area contributed by atoms with Gasteiger partial charge < -0.3 is 23.8 Å².